The van der Waals surface area contributed by atoms with Crippen molar-refractivity contribution in [3.05, 3.63) is 59.0 Å². The molecule has 0 saturated heterocycles. The van der Waals surface area contributed by atoms with Crippen molar-refractivity contribution in [2.45, 2.75) is 50.9 Å². The van der Waals surface area contributed by atoms with Crippen LogP contribution in [0.4, 0.5) is 0 Å². The van der Waals surface area contributed by atoms with E-state index in [1.54, 1.807) is 0 Å². The fourth-order valence-corrected chi connectivity index (χ4v) is 3.46. The number of aliphatic hydroxyl groups is 1. The van der Waals surface area contributed by atoms with Gasteiger partial charge >= 0.3 is 0 Å². The number of furan rings is 1. The smallest absolute Gasteiger partial charge is 0.255 e. The zero-order chi connectivity index (χ0) is 19.4. The Bertz CT molecular complexity index is 790. The molecule has 1 aromatic heterocycles. The number of amides is 1. The van der Waals surface area contributed by atoms with Crippen molar-refractivity contribution in [2.75, 3.05) is 7.11 Å². The molecule has 6 heteroatoms. The molecule has 0 spiro atoms. The summed E-state index contributed by atoms with van der Waals surface area (Å²) < 4.78 is 11.3. The molecule has 0 bridgehead atoms. The number of aliphatic hydroxyl groups excluding tert-OH is 1. The molecule has 1 saturated carbocycles. The fraction of sp³-hybridized carbons (Fsp3) is 0.429. The molecule has 1 atom stereocenters. The van der Waals surface area contributed by atoms with Crippen molar-refractivity contribution in [1.29, 1.82) is 0 Å². The van der Waals surface area contributed by atoms with Crippen molar-refractivity contribution in [3.8, 4) is 0 Å². The molecule has 27 heavy (non-hydrogen) atoms. The summed E-state index contributed by atoms with van der Waals surface area (Å²) in [6.45, 7) is 1.40. The van der Waals surface area contributed by atoms with Gasteiger partial charge in [-0.15, -0.1) is 0 Å². The van der Waals surface area contributed by atoms with E-state index in [0.717, 1.165) is 18.4 Å². The third-order valence-corrected chi connectivity index (χ3v) is 4.96. The summed E-state index contributed by atoms with van der Waals surface area (Å²) in [7, 11) is 1.54. The van der Waals surface area contributed by atoms with Crippen molar-refractivity contribution < 1.29 is 23.8 Å². The first-order valence-electron chi connectivity index (χ1n) is 9.21. The molecule has 1 aromatic carbocycles. The van der Waals surface area contributed by atoms with Crippen LogP contribution in [0.3, 0.4) is 0 Å². The highest BCUT2D eigenvalue weighted by molar-refractivity contribution is 5.99. The van der Waals surface area contributed by atoms with Gasteiger partial charge in [0.1, 0.15) is 6.10 Å². The summed E-state index contributed by atoms with van der Waals surface area (Å²) in [5.74, 6) is -0.0888. The Labute approximate surface area is 158 Å². The average molecular weight is 371 g/mol. The minimum atomic E-state index is -0.590. The highest BCUT2D eigenvalue weighted by Crippen LogP contribution is 2.31. The van der Waals surface area contributed by atoms with E-state index in [-0.39, 0.29) is 29.6 Å². The molecule has 1 aliphatic rings. The summed E-state index contributed by atoms with van der Waals surface area (Å²) in [5, 5.41) is 12.6. The van der Waals surface area contributed by atoms with Gasteiger partial charge in [-0.2, -0.15) is 0 Å². The van der Waals surface area contributed by atoms with Crippen LogP contribution < -0.4 is 5.32 Å². The van der Waals surface area contributed by atoms with Gasteiger partial charge < -0.3 is 19.6 Å². The zero-order valence-electron chi connectivity index (χ0n) is 15.6. The molecule has 2 aromatic rings. The van der Waals surface area contributed by atoms with Crippen molar-refractivity contribution in [3.63, 3.8) is 0 Å². The highest BCUT2D eigenvalue weighted by atomic mass is 16.5. The first kappa shape index (κ1) is 19.3. The maximum Gasteiger partial charge on any atom is 0.255 e. The minimum absolute atomic E-state index is 0.00199. The fourth-order valence-electron chi connectivity index (χ4n) is 3.46. The zero-order valence-corrected chi connectivity index (χ0v) is 15.6. The normalized spacial score (nSPS) is 20.9. The van der Waals surface area contributed by atoms with E-state index in [0.29, 0.717) is 24.2 Å². The number of nitrogens with one attached hydrogen (secondary N) is 1. The van der Waals surface area contributed by atoms with Crippen molar-refractivity contribution >= 4 is 11.7 Å². The molecule has 1 heterocycles. The summed E-state index contributed by atoms with van der Waals surface area (Å²) in [4.78, 5) is 24.7. The number of carbonyl (C=O) groups excluding carboxylic acids is 2. The molecule has 1 fully saturated rings. The lowest BCUT2D eigenvalue weighted by atomic mass is 9.93. The lowest BCUT2D eigenvalue weighted by molar-refractivity contribution is 0.0843. The number of rotatable bonds is 6. The molecule has 1 amide bonds. The molecule has 6 nitrogen and oxygen atoms in total. The molecular formula is C21H25NO5. The second kappa shape index (κ2) is 8.50. The number of hydrogen-bond acceptors (Lipinski definition) is 5. The van der Waals surface area contributed by atoms with E-state index in [1.807, 2.05) is 30.3 Å². The maximum atomic E-state index is 12.9. The SMILES string of the molecule is CO[C@@H](c1ccccc1)c1oc(C(C)=O)cc1C(=O)N[C@H]1CC[C@H](O)CC1. The van der Waals surface area contributed by atoms with Gasteiger partial charge in [0.15, 0.2) is 17.3 Å². The lowest BCUT2D eigenvalue weighted by Gasteiger charge is -2.26. The van der Waals surface area contributed by atoms with Crippen molar-refractivity contribution in [2.24, 2.45) is 0 Å². The van der Waals surface area contributed by atoms with Crippen LogP contribution in [0.25, 0.3) is 0 Å². The maximum absolute atomic E-state index is 12.9. The number of Topliss-reactive ketones (excluding diaryl/α,β-unsaturated/α-hetero) is 1. The second-order valence-corrected chi connectivity index (χ2v) is 6.95. The van der Waals surface area contributed by atoms with Crippen LogP contribution in [0.15, 0.2) is 40.8 Å². The van der Waals surface area contributed by atoms with Crippen LogP contribution in [-0.2, 0) is 4.74 Å². The highest BCUT2D eigenvalue weighted by Gasteiger charge is 2.29. The van der Waals surface area contributed by atoms with Crippen LogP contribution >= 0.6 is 0 Å². The third-order valence-electron chi connectivity index (χ3n) is 4.96. The largest absolute Gasteiger partial charge is 0.454 e. The van der Waals surface area contributed by atoms with E-state index < -0.39 is 6.10 Å². The van der Waals surface area contributed by atoms with Crippen LogP contribution in [0.5, 0.6) is 0 Å². The third kappa shape index (κ3) is 4.46. The predicted octanol–water partition coefficient (Wildman–Crippen LogP) is 3.25. The molecule has 0 unspecified atom stereocenters. The van der Waals surface area contributed by atoms with E-state index in [4.69, 9.17) is 9.15 Å². The van der Waals surface area contributed by atoms with Gasteiger partial charge in [0, 0.05) is 26.1 Å². The van der Waals surface area contributed by atoms with Gasteiger partial charge in [-0.3, -0.25) is 9.59 Å². The quantitative estimate of drug-likeness (QED) is 0.761. The number of benzene rings is 1. The summed E-state index contributed by atoms with van der Waals surface area (Å²) in [5.41, 5.74) is 1.14. The summed E-state index contributed by atoms with van der Waals surface area (Å²) in [6.07, 6.45) is 1.92. The Kier molecular flexibility index (Phi) is 6.08. The van der Waals surface area contributed by atoms with E-state index in [9.17, 15) is 14.7 Å². The molecule has 0 radical (unpaired) electrons. The number of methoxy groups -OCH3 is 1. The van der Waals surface area contributed by atoms with Crippen LogP contribution in [0.2, 0.25) is 0 Å². The molecule has 0 aliphatic heterocycles. The monoisotopic (exact) mass is 371 g/mol. The van der Waals surface area contributed by atoms with Crippen LogP contribution in [0.1, 0.15) is 70.9 Å². The van der Waals surface area contributed by atoms with Gasteiger partial charge in [-0.05, 0) is 31.2 Å². The number of carbonyl (C=O) groups is 2. The first-order valence-corrected chi connectivity index (χ1v) is 9.21. The van der Waals surface area contributed by atoms with Gasteiger partial charge in [0.25, 0.3) is 5.91 Å². The molecular weight excluding hydrogens is 346 g/mol. The minimum Gasteiger partial charge on any atom is -0.454 e. The molecule has 1 aliphatic carbocycles. The molecule has 2 N–H and O–H groups in total. The lowest BCUT2D eigenvalue weighted by Crippen LogP contribution is -2.38. The average Bonchev–Trinajstić information content (AvgIpc) is 3.11. The number of ketones is 1. The predicted molar refractivity (Wildman–Crippen MR) is 99.7 cm³/mol. The number of hydrogen-bond donors (Lipinski definition) is 2. The standard InChI is InChI=1S/C21H25NO5/c1-13(23)18-12-17(21(25)22-15-8-10-16(24)11-9-15)20(27-18)19(26-2)14-6-4-3-5-7-14/h3-7,12,15-16,19,24H,8-11H2,1-2H3,(H,22,25)/t15-,16-,19-/m0/s1. The Balaban J connectivity index is 1.89. The topological polar surface area (TPSA) is 88.8 Å². The summed E-state index contributed by atoms with van der Waals surface area (Å²) in [6, 6.07) is 10.9. The Morgan fingerprint density at radius 3 is 2.44 bits per heavy atom. The van der Waals surface area contributed by atoms with Crippen LogP contribution in [0, 0.1) is 0 Å². The van der Waals surface area contributed by atoms with Crippen molar-refractivity contribution in [1.82, 2.24) is 5.32 Å². The van der Waals surface area contributed by atoms with E-state index in [1.165, 1.54) is 20.1 Å². The van der Waals surface area contributed by atoms with Gasteiger partial charge in [0.2, 0.25) is 0 Å². The second-order valence-electron chi connectivity index (χ2n) is 6.95. The number of ether oxygens (including phenoxy) is 1. The molecule has 3 rings (SSSR count). The van der Waals surface area contributed by atoms with Crippen LogP contribution in [-0.4, -0.2) is 36.1 Å². The Hall–Kier alpha value is -2.44. The summed E-state index contributed by atoms with van der Waals surface area (Å²) >= 11 is 0. The first-order chi connectivity index (χ1) is 13.0. The van der Waals surface area contributed by atoms with E-state index in [2.05, 4.69) is 5.32 Å². The Morgan fingerprint density at radius 2 is 1.85 bits per heavy atom. The van der Waals surface area contributed by atoms with Gasteiger partial charge in [0.05, 0.1) is 11.7 Å². The van der Waals surface area contributed by atoms with E-state index >= 15 is 0 Å². The van der Waals surface area contributed by atoms with Gasteiger partial charge in [-0.1, -0.05) is 30.3 Å². The van der Waals surface area contributed by atoms with Gasteiger partial charge in [-0.25, -0.2) is 0 Å². The molecule has 144 valence electrons. The Morgan fingerprint density at radius 1 is 1.19 bits per heavy atom.